The first kappa shape index (κ1) is 21.5. The summed E-state index contributed by atoms with van der Waals surface area (Å²) in [6, 6.07) is 0. The van der Waals surface area contributed by atoms with Gasteiger partial charge in [0.1, 0.15) is 0 Å². The lowest BCUT2D eigenvalue weighted by molar-refractivity contribution is -0.142. The molecular formula is C20H40O2. The Labute approximate surface area is 139 Å². The number of hydrogen-bond donors (Lipinski definition) is 1. The average Bonchev–Trinajstić information content (AvgIpc) is 2.51. The van der Waals surface area contributed by atoms with Gasteiger partial charge in [-0.25, -0.2) is 0 Å². The van der Waals surface area contributed by atoms with E-state index in [1.54, 1.807) is 0 Å². The van der Waals surface area contributed by atoms with Gasteiger partial charge in [0.05, 0.1) is 5.92 Å². The van der Waals surface area contributed by atoms with Crippen LogP contribution in [0.5, 0.6) is 0 Å². The zero-order valence-corrected chi connectivity index (χ0v) is 15.2. The van der Waals surface area contributed by atoms with Crippen LogP contribution in [-0.4, -0.2) is 11.1 Å². The highest BCUT2D eigenvalue weighted by molar-refractivity contribution is 5.69. The number of carbonyl (C=O) groups is 1. The molecule has 0 spiro atoms. The molecule has 2 nitrogen and oxygen atoms in total. The lowest BCUT2D eigenvalue weighted by Gasteiger charge is -2.08. The molecule has 0 aliphatic heterocycles. The Hall–Kier alpha value is -0.530. The molecule has 1 atom stereocenters. The van der Waals surface area contributed by atoms with Gasteiger partial charge in [0, 0.05) is 0 Å². The van der Waals surface area contributed by atoms with Gasteiger partial charge in [-0.05, 0) is 12.8 Å². The van der Waals surface area contributed by atoms with E-state index in [2.05, 4.69) is 6.92 Å². The molecule has 0 rings (SSSR count). The van der Waals surface area contributed by atoms with Crippen LogP contribution in [0.1, 0.15) is 117 Å². The second-order valence-electron chi connectivity index (χ2n) is 6.83. The molecular weight excluding hydrogens is 272 g/mol. The van der Waals surface area contributed by atoms with Gasteiger partial charge in [0.15, 0.2) is 0 Å². The smallest absolute Gasteiger partial charge is 0.306 e. The van der Waals surface area contributed by atoms with Gasteiger partial charge in [-0.2, -0.15) is 0 Å². The highest BCUT2D eigenvalue weighted by Crippen LogP contribution is 2.16. The van der Waals surface area contributed by atoms with Crippen LogP contribution in [0.25, 0.3) is 0 Å². The zero-order valence-electron chi connectivity index (χ0n) is 15.2. The molecule has 0 bridgehead atoms. The SMILES string of the molecule is CCCCCCCCCCCCCCCCC(CC)C(=O)O. The van der Waals surface area contributed by atoms with Gasteiger partial charge in [-0.15, -0.1) is 0 Å². The first-order chi connectivity index (χ1) is 10.7. The lowest BCUT2D eigenvalue weighted by atomic mass is 9.98. The monoisotopic (exact) mass is 312 g/mol. The van der Waals surface area contributed by atoms with Gasteiger partial charge < -0.3 is 5.11 Å². The first-order valence-corrected chi connectivity index (χ1v) is 9.95. The van der Waals surface area contributed by atoms with E-state index in [1.807, 2.05) is 6.92 Å². The van der Waals surface area contributed by atoms with Crippen molar-refractivity contribution in [1.29, 1.82) is 0 Å². The maximum atomic E-state index is 10.9. The van der Waals surface area contributed by atoms with Crippen molar-refractivity contribution >= 4 is 5.97 Å². The van der Waals surface area contributed by atoms with Crippen LogP contribution in [0.15, 0.2) is 0 Å². The molecule has 0 aromatic heterocycles. The van der Waals surface area contributed by atoms with E-state index < -0.39 is 5.97 Å². The molecule has 0 aliphatic carbocycles. The van der Waals surface area contributed by atoms with Crippen molar-refractivity contribution < 1.29 is 9.90 Å². The van der Waals surface area contributed by atoms with Crippen LogP contribution in [0.4, 0.5) is 0 Å². The Morgan fingerprint density at radius 2 is 1.05 bits per heavy atom. The summed E-state index contributed by atoms with van der Waals surface area (Å²) in [5.41, 5.74) is 0. The van der Waals surface area contributed by atoms with E-state index in [4.69, 9.17) is 5.11 Å². The largest absolute Gasteiger partial charge is 0.481 e. The predicted molar refractivity (Wildman–Crippen MR) is 96.3 cm³/mol. The molecule has 0 fully saturated rings. The highest BCUT2D eigenvalue weighted by Gasteiger charge is 2.13. The molecule has 0 aliphatic rings. The van der Waals surface area contributed by atoms with E-state index in [9.17, 15) is 4.79 Å². The fraction of sp³-hybridized carbons (Fsp3) is 0.950. The van der Waals surface area contributed by atoms with Gasteiger partial charge in [0.2, 0.25) is 0 Å². The Kier molecular flexibility index (Phi) is 16.4. The number of carboxylic acids is 1. The topological polar surface area (TPSA) is 37.3 Å². The quantitative estimate of drug-likeness (QED) is 0.294. The third-order valence-corrected chi connectivity index (χ3v) is 4.75. The Balaban J connectivity index is 3.13. The van der Waals surface area contributed by atoms with Crippen LogP contribution in [0.2, 0.25) is 0 Å². The third kappa shape index (κ3) is 14.4. The summed E-state index contributed by atoms with van der Waals surface area (Å²) < 4.78 is 0. The number of rotatable bonds is 17. The Morgan fingerprint density at radius 1 is 0.682 bits per heavy atom. The van der Waals surface area contributed by atoms with E-state index in [1.165, 1.54) is 83.5 Å². The van der Waals surface area contributed by atoms with E-state index in [0.717, 1.165) is 19.3 Å². The summed E-state index contributed by atoms with van der Waals surface area (Å²) in [6.45, 7) is 4.25. The summed E-state index contributed by atoms with van der Waals surface area (Å²) in [6.07, 6.45) is 20.6. The van der Waals surface area contributed by atoms with Gasteiger partial charge in [0.25, 0.3) is 0 Å². The molecule has 1 N–H and O–H groups in total. The fourth-order valence-electron chi connectivity index (χ4n) is 3.09. The second-order valence-corrected chi connectivity index (χ2v) is 6.83. The zero-order chi connectivity index (χ0) is 16.5. The molecule has 0 saturated heterocycles. The molecule has 0 aromatic rings. The fourth-order valence-corrected chi connectivity index (χ4v) is 3.09. The van der Waals surface area contributed by atoms with Crippen molar-refractivity contribution in [1.82, 2.24) is 0 Å². The van der Waals surface area contributed by atoms with E-state index in [0.29, 0.717) is 0 Å². The summed E-state index contributed by atoms with van der Waals surface area (Å²) in [4.78, 5) is 10.9. The number of unbranched alkanes of at least 4 members (excludes halogenated alkanes) is 13. The maximum absolute atomic E-state index is 10.9. The number of hydrogen-bond acceptors (Lipinski definition) is 1. The molecule has 1 unspecified atom stereocenters. The molecule has 22 heavy (non-hydrogen) atoms. The highest BCUT2D eigenvalue weighted by atomic mass is 16.4. The minimum absolute atomic E-state index is 0.114. The molecule has 0 heterocycles. The summed E-state index contributed by atoms with van der Waals surface area (Å²) in [7, 11) is 0. The third-order valence-electron chi connectivity index (χ3n) is 4.75. The summed E-state index contributed by atoms with van der Waals surface area (Å²) in [5.74, 6) is -0.727. The van der Waals surface area contributed by atoms with Crippen LogP contribution in [-0.2, 0) is 4.79 Å². The van der Waals surface area contributed by atoms with Gasteiger partial charge in [-0.1, -0.05) is 104 Å². The molecule has 0 saturated carbocycles. The van der Waals surface area contributed by atoms with Crippen molar-refractivity contribution in [2.75, 3.05) is 0 Å². The molecule has 0 radical (unpaired) electrons. The van der Waals surface area contributed by atoms with Gasteiger partial charge in [-0.3, -0.25) is 4.79 Å². The molecule has 2 heteroatoms. The first-order valence-electron chi connectivity index (χ1n) is 9.95. The van der Waals surface area contributed by atoms with Crippen molar-refractivity contribution in [3.8, 4) is 0 Å². The lowest BCUT2D eigenvalue weighted by Crippen LogP contribution is -2.12. The van der Waals surface area contributed by atoms with Crippen LogP contribution >= 0.6 is 0 Å². The van der Waals surface area contributed by atoms with Crippen molar-refractivity contribution in [2.24, 2.45) is 5.92 Å². The van der Waals surface area contributed by atoms with Gasteiger partial charge >= 0.3 is 5.97 Å². The Morgan fingerprint density at radius 3 is 1.36 bits per heavy atom. The predicted octanol–water partition coefficient (Wildman–Crippen LogP) is 6.97. The number of aliphatic carboxylic acids is 1. The summed E-state index contributed by atoms with van der Waals surface area (Å²) in [5, 5.41) is 8.98. The van der Waals surface area contributed by atoms with Crippen molar-refractivity contribution in [2.45, 2.75) is 117 Å². The summed E-state index contributed by atoms with van der Waals surface area (Å²) >= 11 is 0. The van der Waals surface area contributed by atoms with E-state index >= 15 is 0 Å². The normalized spacial score (nSPS) is 12.5. The molecule has 0 aromatic carbocycles. The van der Waals surface area contributed by atoms with Crippen molar-refractivity contribution in [3.05, 3.63) is 0 Å². The minimum Gasteiger partial charge on any atom is -0.481 e. The van der Waals surface area contributed by atoms with Crippen LogP contribution < -0.4 is 0 Å². The standard InChI is InChI=1S/C20H40O2/c1-3-5-6-7-8-9-10-11-12-13-14-15-16-17-18-19(4-2)20(21)22/h19H,3-18H2,1-2H3,(H,21,22). The minimum atomic E-state index is -0.614. The maximum Gasteiger partial charge on any atom is 0.306 e. The van der Waals surface area contributed by atoms with Crippen LogP contribution in [0.3, 0.4) is 0 Å². The molecule has 132 valence electrons. The number of carboxylic acid groups (broad SMARTS) is 1. The van der Waals surface area contributed by atoms with Crippen molar-refractivity contribution in [3.63, 3.8) is 0 Å². The molecule has 0 amide bonds. The average molecular weight is 313 g/mol. The second kappa shape index (κ2) is 16.8. The Bertz CT molecular complexity index is 238. The van der Waals surface area contributed by atoms with Crippen LogP contribution in [0, 0.1) is 5.92 Å². The van der Waals surface area contributed by atoms with E-state index in [-0.39, 0.29) is 5.92 Å².